The highest BCUT2D eigenvalue weighted by Gasteiger charge is 2.27. The van der Waals surface area contributed by atoms with Gasteiger partial charge in [-0.2, -0.15) is 0 Å². The number of benzene rings is 1. The molecule has 2 nitrogen and oxygen atoms in total. The lowest BCUT2D eigenvalue weighted by molar-refractivity contribution is 0.0952. The maximum Gasteiger partial charge on any atom is 0.115 e. The molecule has 0 aliphatic heterocycles. The molecule has 0 amide bonds. The van der Waals surface area contributed by atoms with E-state index in [1.54, 1.807) is 12.1 Å². The van der Waals surface area contributed by atoms with E-state index in [1.165, 1.54) is 31.2 Å². The lowest BCUT2D eigenvalue weighted by Gasteiger charge is -2.33. The minimum atomic E-state index is -0.0523. The Bertz CT molecular complexity index is 455. The first-order valence-corrected chi connectivity index (χ1v) is 7.87. The summed E-state index contributed by atoms with van der Waals surface area (Å²) in [6.45, 7) is 0. The molecule has 2 N–H and O–H groups in total. The second-order valence-corrected chi connectivity index (χ2v) is 6.39. The number of aromatic hydroxyl groups is 1. The van der Waals surface area contributed by atoms with Gasteiger partial charge in [-0.25, -0.2) is 0 Å². The molecule has 1 aromatic rings. The van der Waals surface area contributed by atoms with E-state index in [9.17, 15) is 10.2 Å². The van der Waals surface area contributed by atoms with E-state index < -0.39 is 0 Å². The van der Waals surface area contributed by atoms with Crippen molar-refractivity contribution < 1.29 is 10.2 Å². The topological polar surface area (TPSA) is 40.5 Å². The first-order valence-electron chi connectivity index (χ1n) is 7.87. The zero-order valence-corrected chi connectivity index (χ0v) is 11.9. The van der Waals surface area contributed by atoms with E-state index in [0.717, 1.165) is 18.8 Å². The number of allylic oxidation sites excluding steroid dienone is 2. The van der Waals surface area contributed by atoms with Crippen LogP contribution in [-0.2, 0) is 0 Å². The van der Waals surface area contributed by atoms with E-state index in [-0.39, 0.29) is 6.10 Å². The molecule has 108 valence electrons. The zero-order valence-electron chi connectivity index (χ0n) is 11.9. The van der Waals surface area contributed by atoms with Crippen molar-refractivity contribution in [3.63, 3.8) is 0 Å². The summed E-state index contributed by atoms with van der Waals surface area (Å²) in [5.41, 5.74) is 1.30. The summed E-state index contributed by atoms with van der Waals surface area (Å²) in [4.78, 5) is 0. The Labute approximate surface area is 121 Å². The predicted molar refractivity (Wildman–Crippen MR) is 80.7 cm³/mol. The summed E-state index contributed by atoms with van der Waals surface area (Å²) < 4.78 is 0. The third-order valence-corrected chi connectivity index (χ3v) is 5.07. The molecule has 2 unspecified atom stereocenters. The average molecular weight is 272 g/mol. The van der Waals surface area contributed by atoms with Gasteiger partial charge in [0, 0.05) is 5.92 Å². The standard InChI is InChI=1S/C18H24O2/c19-17-9-5-15(6-10-17)13-1-2-14(4-3-13)16-7-11-18(20)12-8-16/h1-2,5-6,9-10,13-14,16,18-20H,3-4,7-8,11-12H2. The molecule has 1 saturated carbocycles. The van der Waals surface area contributed by atoms with E-state index in [1.807, 2.05) is 12.1 Å². The Kier molecular flexibility index (Phi) is 4.11. The summed E-state index contributed by atoms with van der Waals surface area (Å²) in [5.74, 6) is 2.32. The van der Waals surface area contributed by atoms with Gasteiger partial charge in [-0.05, 0) is 68.1 Å². The second kappa shape index (κ2) is 6.01. The minimum Gasteiger partial charge on any atom is -0.508 e. The highest BCUT2D eigenvalue weighted by Crippen LogP contribution is 2.39. The smallest absolute Gasteiger partial charge is 0.115 e. The number of aliphatic hydroxyl groups excluding tert-OH is 1. The molecule has 0 saturated heterocycles. The van der Waals surface area contributed by atoms with Gasteiger partial charge in [-0.15, -0.1) is 0 Å². The van der Waals surface area contributed by atoms with Crippen LogP contribution in [0.2, 0.25) is 0 Å². The van der Waals surface area contributed by atoms with Crippen LogP contribution in [0.1, 0.15) is 50.0 Å². The highest BCUT2D eigenvalue weighted by atomic mass is 16.3. The van der Waals surface area contributed by atoms with Gasteiger partial charge >= 0.3 is 0 Å². The molecule has 2 aliphatic carbocycles. The molecular formula is C18H24O2. The van der Waals surface area contributed by atoms with Crippen molar-refractivity contribution in [3.8, 4) is 5.75 Å². The number of aliphatic hydroxyl groups is 1. The molecule has 2 aliphatic rings. The fourth-order valence-electron chi connectivity index (χ4n) is 3.76. The summed E-state index contributed by atoms with van der Waals surface area (Å²) in [5, 5.41) is 19.0. The van der Waals surface area contributed by atoms with Gasteiger partial charge in [0.1, 0.15) is 5.75 Å². The first kappa shape index (κ1) is 13.7. The molecule has 0 radical (unpaired) electrons. The van der Waals surface area contributed by atoms with Gasteiger partial charge in [0.25, 0.3) is 0 Å². The third-order valence-electron chi connectivity index (χ3n) is 5.07. The van der Waals surface area contributed by atoms with Crippen molar-refractivity contribution in [2.75, 3.05) is 0 Å². The van der Waals surface area contributed by atoms with Gasteiger partial charge in [0.2, 0.25) is 0 Å². The lowest BCUT2D eigenvalue weighted by atomic mass is 9.73. The van der Waals surface area contributed by atoms with E-state index in [2.05, 4.69) is 12.2 Å². The van der Waals surface area contributed by atoms with E-state index in [4.69, 9.17) is 0 Å². The number of hydrogen-bond donors (Lipinski definition) is 2. The normalized spacial score (nSPS) is 34.0. The molecule has 0 aromatic heterocycles. The Morgan fingerprint density at radius 2 is 1.50 bits per heavy atom. The van der Waals surface area contributed by atoms with Crippen LogP contribution in [0, 0.1) is 11.8 Å². The third kappa shape index (κ3) is 3.06. The SMILES string of the molecule is Oc1ccc(C2C=CC(C3CCC(O)CC3)CC2)cc1. The van der Waals surface area contributed by atoms with Crippen LogP contribution in [0.3, 0.4) is 0 Å². The van der Waals surface area contributed by atoms with Crippen LogP contribution < -0.4 is 0 Å². The van der Waals surface area contributed by atoms with Crippen LogP contribution in [-0.4, -0.2) is 16.3 Å². The van der Waals surface area contributed by atoms with Crippen molar-refractivity contribution in [1.29, 1.82) is 0 Å². The Morgan fingerprint density at radius 3 is 2.10 bits per heavy atom. The minimum absolute atomic E-state index is 0.0523. The maximum atomic E-state index is 9.60. The quantitative estimate of drug-likeness (QED) is 0.799. The monoisotopic (exact) mass is 272 g/mol. The van der Waals surface area contributed by atoms with Crippen LogP contribution >= 0.6 is 0 Å². The number of phenolic OH excluding ortho intramolecular Hbond substituents is 1. The van der Waals surface area contributed by atoms with Crippen molar-refractivity contribution in [3.05, 3.63) is 42.0 Å². The molecule has 0 bridgehead atoms. The Hall–Kier alpha value is -1.28. The maximum absolute atomic E-state index is 9.60. The zero-order chi connectivity index (χ0) is 13.9. The Morgan fingerprint density at radius 1 is 0.800 bits per heavy atom. The molecule has 2 atom stereocenters. The van der Waals surface area contributed by atoms with Crippen LogP contribution in [0.25, 0.3) is 0 Å². The molecular weight excluding hydrogens is 248 g/mol. The fourth-order valence-corrected chi connectivity index (χ4v) is 3.76. The van der Waals surface area contributed by atoms with Crippen molar-refractivity contribution in [1.82, 2.24) is 0 Å². The lowest BCUT2D eigenvalue weighted by Crippen LogP contribution is -2.24. The average Bonchev–Trinajstić information content (AvgIpc) is 2.49. The van der Waals surface area contributed by atoms with Crippen molar-refractivity contribution >= 4 is 0 Å². The molecule has 0 heterocycles. The summed E-state index contributed by atoms with van der Waals surface area (Å²) >= 11 is 0. The van der Waals surface area contributed by atoms with Gasteiger partial charge in [-0.3, -0.25) is 0 Å². The predicted octanol–water partition coefficient (Wildman–Crippen LogP) is 3.99. The summed E-state index contributed by atoms with van der Waals surface area (Å²) in [6.07, 6.45) is 11.5. The highest BCUT2D eigenvalue weighted by molar-refractivity contribution is 5.31. The second-order valence-electron chi connectivity index (χ2n) is 6.39. The van der Waals surface area contributed by atoms with Gasteiger partial charge in [0.15, 0.2) is 0 Å². The number of phenols is 1. The first-order chi connectivity index (χ1) is 9.72. The van der Waals surface area contributed by atoms with E-state index >= 15 is 0 Å². The molecule has 2 heteroatoms. The van der Waals surface area contributed by atoms with Crippen LogP contribution in [0.5, 0.6) is 5.75 Å². The summed E-state index contributed by atoms with van der Waals surface area (Å²) in [6, 6.07) is 7.61. The molecule has 20 heavy (non-hydrogen) atoms. The molecule has 1 fully saturated rings. The van der Waals surface area contributed by atoms with Gasteiger partial charge in [-0.1, -0.05) is 24.3 Å². The number of rotatable bonds is 2. The number of hydrogen-bond acceptors (Lipinski definition) is 2. The molecule has 0 spiro atoms. The van der Waals surface area contributed by atoms with Crippen LogP contribution in [0.15, 0.2) is 36.4 Å². The Balaban J connectivity index is 1.61. The fraction of sp³-hybridized carbons (Fsp3) is 0.556. The molecule has 3 rings (SSSR count). The van der Waals surface area contributed by atoms with Gasteiger partial charge < -0.3 is 10.2 Å². The van der Waals surface area contributed by atoms with Crippen molar-refractivity contribution in [2.45, 2.75) is 50.5 Å². The molecule has 1 aromatic carbocycles. The van der Waals surface area contributed by atoms with Crippen LogP contribution in [0.4, 0.5) is 0 Å². The van der Waals surface area contributed by atoms with E-state index in [0.29, 0.717) is 17.6 Å². The largest absolute Gasteiger partial charge is 0.508 e. The van der Waals surface area contributed by atoms with Crippen molar-refractivity contribution in [2.24, 2.45) is 11.8 Å². The summed E-state index contributed by atoms with van der Waals surface area (Å²) in [7, 11) is 0. The van der Waals surface area contributed by atoms with Gasteiger partial charge in [0.05, 0.1) is 6.10 Å².